The van der Waals surface area contributed by atoms with Crippen molar-refractivity contribution in [1.29, 1.82) is 0 Å². The summed E-state index contributed by atoms with van der Waals surface area (Å²) in [6.07, 6.45) is 1.30. The highest BCUT2D eigenvalue weighted by molar-refractivity contribution is 5.32. The average Bonchev–Trinajstić information content (AvgIpc) is 2.28. The van der Waals surface area contributed by atoms with Gasteiger partial charge in [-0.1, -0.05) is 26.0 Å². The third-order valence-corrected chi connectivity index (χ3v) is 3.50. The van der Waals surface area contributed by atoms with Crippen LogP contribution < -0.4 is 0 Å². The molecule has 0 unspecified atom stereocenters. The SMILES string of the molecule is C[C@@H]1C[C@@H](C)CN(Cc2ccc([N+](=O)[O-])cc2)C1. The minimum atomic E-state index is -0.352. The molecule has 0 aliphatic carbocycles. The average molecular weight is 248 g/mol. The van der Waals surface area contributed by atoms with E-state index in [0.29, 0.717) is 0 Å². The first kappa shape index (κ1) is 13.0. The summed E-state index contributed by atoms with van der Waals surface area (Å²) in [5.41, 5.74) is 1.32. The van der Waals surface area contributed by atoms with E-state index in [1.54, 1.807) is 12.1 Å². The lowest BCUT2D eigenvalue weighted by Crippen LogP contribution is -2.38. The highest BCUT2D eigenvalue weighted by atomic mass is 16.6. The quantitative estimate of drug-likeness (QED) is 0.610. The van der Waals surface area contributed by atoms with Crippen LogP contribution in [0.2, 0.25) is 0 Å². The van der Waals surface area contributed by atoms with Crippen LogP contribution in [0.4, 0.5) is 5.69 Å². The Labute approximate surface area is 108 Å². The second kappa shape index (κ2) is 5.48. The molecule has 1 saturated heterocycles. The van der Waals surface area contributed by atoms with Crippen molar-refractivity contribution < 1.29 is 4.92 Å². The summed E-state index contributed by atoms with van der Waals surface area (Å²) >= 11 is 0. The maximum absolute atomic E-state index is 10.6. The number of rotatable bonds is 3. The number of likely N-dealkylation sites (tertiary alicyclic amines) is 1. The lowest BCUT2D eigenvalue weighted by molar-refractivity contribution is -0.384. The summed E-state index contributed by atoms with van der Waals surface area (Å²) in [5.74, 6) is 1.48. The summed E-state index contributed by atoms with van der Waals surface area (Å²) in [5, 5.41) is 10.6. The van der Waals surface area contributed by atoms with Gasteiger partial charge >= 0.3 is 0 Å². The van der Waals surface area contributed by atoms with Crippen LogP contribution in [0.5, 0.6) is 0 Å². The largest absolute Gasteiger partial charge is 0.299 e. The molecular weight excluding hydrogens is 228 g/mol. The topological polar surface area (TPSA) is 46.4 Å². The van der Waals surface area contributed by atoms with Gasteiger partial charge in [-0.3, -0.25) is 15.0 Å². The van der Waals surface area contributed by atoms with E-state index in [1.165, 1.54) is 6.42 Å². The Morgan fingerprint density at radius 1 is 1.22 bits per heavy atom. The monoisotopic (exact) mass is 248 g/mol. The minimum absolute atomic E-state index is 0.166. The van der Waals surface area contributed by atoms with Crippen molar-refractivity contribution in [2.75, 3.05) is 13.1 Å². The lowest BCUT2D eigenvalue weighted by atomic mass is 9.91. The van der Waals surface area contributed by atoms with Gasteiger partial charge in [0.1, 0.15) is 0 Å². The Morgan fingerprint density at radius 3 is 2.28 bits per heavy atom. The fraction of sp³-hybridized carbons (Fsp3) is 0.571. The fourth-order valence-corrected chi connectivity index (χ4v) is 2.90. The van der Waals surface area contributed by atoms with Gasteiger partial charge in [-0.25, -0.2) is 0 Å². The van der Waals surface area contributed by atoms with Gasteiger partial charge in [0.15, 0.2) is 0 Å². The Bertz CT molecular complexity index is 406. The van der Waals surface area contributed by atoms with Crippen molar-refractivity contribution >= 4 is 5.69 Å². The Kier molecular flexibility index (Phi) is 3.97. The van der Waals surface area contributed by atoms with Gasteiger partial charge < -0.3 is 0 Å². The summed E-state index contributed by atoms with van der Waals surface area (Å²) in [7, 11) is 0. The maximum atomic E-state index is 10.6. The normalized spacial score (nSPS) is 25.0. The molecule has 1 fully saturated rings. The number of nitrogens with zero attached hydrogens (tertiary/aromatic N) is 2. The zero-order valence-corrected chi connectivity index (χ0v) is 11.0. The molecule has 4 nitrogen and oxygen atoms in total. The molecule has 98 valence electrons. The molecule has 0 spiro atoms. The minimum Gasteiger partial charge on any atom is -0.299 e. The first-order chi connectivity index (χ1) is 8.54. The van der Waals surface area contributed by atoms with E-state index in [9.17, 15) is 10.1 Å². The van der Waals surface area contributed by atoms with E-state index in [2.05, 4.69) is 18.7 Å². The molecule has 2 rings (SSSR count). The van der Waals surface area contributed by atoms with Gasteiger partial charge in [0.05, 0.1) is 4.92 Å². The summed E-state index contributed by atoms with van der Waals surface area (Å²) in [4.78, 5) is 12.7. The smallest absolute Gasteiger partial charge is 0.269 e. The van der Waals surface area contributed by atoms with E-state index in [4.69, 9.17) is 0 Å². The van der Waals surface area contributed by atoms with Gasteiger partial charge in [0.25, 0.3) is 5.69 Å². The molecule has 2 atom stereocenters. The molecule has 1 heterocycles. The molecular formula is C14H20N2O2. The standard InChI is InChI=1S/C14H20N2O2/c1-11-7-12(2)9-15(8-11)10-13-3-5-14(6-4-13)16(17)18/h3-6,11-12H,7-10H2,1-2H3/t11-,12-/m1/s1. The van der Waals surface area contributed by atoms with Crippen LogP contribution in [0.15, 0.2) is 24.3 Å². The molecule has 1 aliphatic rings. The molecule has 4 heteroatoms. The van der Waals surface area contributed by atoms with Gasteiger partial charge in [0.2, 0.25) is 0 Å². The maximum Gasteiger partial charge on any atom is 0.269 e. The summed E-state index contributed by atoms with van der Waals surface area (Å²) in [6.45, 7) is 7.73. The molecule has 18 heavy (non-hydrogen) atoms. The van der Waals surface area contributed by atoms with Crippen LogP contribution in [0.3, 0.4) is 0 Å². The molecule has 0 saturated carbocycles. The molecule has 0 N–H and O–H groups in total. The van der Waals surface area contributed by atoms with Crippen LogP contribution >= 0.6 is 0 Å². The second-order valence-corrected chi connectivity index (χ2v) is 5.56. The number of hydrogen-bond donors (Lipinski definition) is 0. The summed E-state index contributed by atoms with van der Waals surface area (Å²) in [6, 6.07) is 6.91. The Balaban J connectivity index is 1.98. The number of benzene rings is 1. The second-order valence-electron chi connectivity index (χ2n) is 5.56. The van der Waals surface area contributed by atoms with Crippen LogP contribution in [0.25, 0.3) is 0 Å². The predicted molar refractivity (Wildman–Crippen MR) is 71.3 cm³/mol. The third-order valence-electron chi connectivity index (χ3n) is 3.50. The van der Waals surface area contributed by atoms with Gasteiger partial charge in [0, 0.05) is 31.8 Å². The van der Waals surface area contributed by atoms with Crippen molar-refractivity contribution in [2.45, 2.75) is 26.8 Å². The van der Waals surface area contributed by atoms with Crippen molar-refractivity contribution in [2.24, 2.45) is 11.8 Å². The molecule has 0 bridgehead atoms. The van der Waals surface area contributed by atoms with E-state index in [-0.39, 0.29) is 10.6 Å². The Hall–Kier alpha value is -1.42. The third kappa shape index (κ3) is 3.29. The molecule has 1 aromatic carbocycles. The first-order valence-electron chi connectivity index (χ1n) is 6.50. The van der Waals surface area contributed by atoms with E-state index in [1.807, 2.05) is 12.1 Å². The zero-order chi connectivity index (χ0) is 13.1. The number of non-ortho nitro benzene ring substituents is 1. The van der Waals surface area contributed by atoms with Crippen molar-refractivity contribution in [3.63, 3.8) is 0 Å². The fourth-order valence-electron chi connectivity index (χ4n) is 2.90. The van der Waals surface area contributed by atoms with Crippen LogP contribution in [0, 0.1) is 22.0 Å². The highest BCUT2D eigenvalue weighted by Crippen LogP contribution is 2.23. The molecule has 1 aliphatic heterocycles. The van der Waals surface area contributed by atoms with Crippen molar-refractivity contribution in [1.82, 2.24) is 4.90 Å². The van der Waals surface area contributed by atoms with E-state index < -0.39 is 0 Å². The van der Waals surface area contributed by atoms with Crippen molar-refractivity contribution in [3.05, 3.63) is 39.9 Å². The number of nitro benzene ring substituents is 1. The summed E-state index contributed by atoms with van der Waals surface area (Å²) < 4.78 is 0. The van der Waals surface area contributed by atoms with Crippen LogP contribution in [-0.4, -0.2) is 22.9 Å². The van der Waals surface area contributed by atoms with Crippen LogP contribution in [-0.2, 0) is 6.54 Å². The lowest BCUT2D eigenvalue weighted by Gasteiger charge is -2.34. The van der Waals surface area contributed by atoms with E-state index in [0.717, 1.165) is 37.0 Å². The molecule has 1 aromatic rings. The number of hydrogen-bond acceptors (Lipinski definition) is 3. The van der Waals surface area contributed by atoms with Crippen LogP contribution in [0.1, 0.15) is 25.8 Å². The Morgan fingerprint density at radius 2 is 1.78 bits per heavy atom. The van der Waals surface area contributed by atoms with Gasteiger partial charge in [-0.15, -0.1) is 0 Å². The highest BCUT2D eigenvalue weighted by Gasteiger charge is 2.21. The predicted octanol–water partition coefficient (Wildman–Crippen LogP) is 3.07. The molecule has 0 radical (unpaired) electrons. The van der Waals surface area contributed by atoms with Gasteiger partial charge in [-0.05, 0) is 23.8 Å². The van der Waals surface area contributed by atoms with E-state index >= 15 is 0 Å². The van der Waals surface area contributed by atoms with Crippen molar-refractivity contribution in [3.8, 4) is 0 Å². The van der Waals surface area contributed by atoms with Gasteiger partial charge in [-0.2, -0.15) is 0 Å². The number of nitro groups is 1. The zero-order valence-electron chi connectivity index (χ0n) is 11.0. The first-order valence-corrected chi connectivity index (χ1v) is 6.50. The molecule has 0 aromatic heterocycles. The number of piperidine rings is 1. The molecule has 0 amide bonds.